The van der Waals surface area contributed by atoms with E-state index in [1.807, 2.05) is 24.3 Å². The van der Waals surface area contributed by atoms with Crippen LogP contribution < -0.4 is 15.5 Å². The van der Waals surface area contributed by atoms with Gasteiger partial charge in [-0.05, 0) is 44.7 Å². The van der Waals surface area contributed by atoms with Crippen LogP contribution in [-0.4, -0.2) is 42.5 Å². The van der Waals surface area contributed by atoms with Crippen LogP contribution in [0.3, 0.4) is 0 Å². The highest BCUT2D eigenvalue weighted by atomic mass is 16.5. The first kappa shape index (κ1) is 23.4. The molecule has 1 heterocycles. The van der Waals surface area contributed by atoms with E-state index in [1.165, 1.54) is 6.92 Å². The second kappa shape index (κ2) is 10.2. The van der Waals surface area contributed by atoms with Gasteiger partial charge in [-0.1, -0.05) is 32.0 Å². The molecule has 0 unspecified atom stereocenters. The minimum Gasteiger partial charge on any atom is -0.452 e. The van der Waals surface area contributed by atoms with Crippen LogP contribution in [0.5, 0.6) is 0 Å². The molecule has 2 N–H and O–H groups in total. The first-order valence-corrected chi connectivity index (χ1v) is 10.3. The van der Waals surface area contributed by atoms with Gasteiger partial charge in [0.1, 0.15) is 0 Å². The molecular formula is C22H31N3O5. The minimum atomic E-state index is -1.15. The molecule has 4 amide bonds. The molecule has 0 aromatic heterocycles. The summed E-state index contributed by atoms with van der Waals surface area (Å²) in [6.07, 6.45) is -0.191. The van der Waals surface area contributed by atoms with E-state index >= 15 is 0 Å². The van der Waals surface area contributed by atoms with Gasteiger partial charge >= 0.3 is 12.0 Å². The van der Waals surface area contributed by atoms with Gasteiger partial charge in [-0.25, -0.2) is 4.79 Å². The number of amides is 4. The lowest BCUT2D eigenvalue weighted by atomic mass is 9.96. The number of carbonyl (C=O) groups is 4. The van der Waals surface area contributed by atoms with Crippen LogP contribution >= 0.6 is 0 Å². The highest BCUT2D eigenvalue weighted by Crippen LogP contribution is 2.33. The first-order chi connectivity index (χ1) is 14.1. The van der Waals surface area contributed by atoms with Gasteiger partial charge < -0.3 is 15.0 Å². The zero-order valence-electron chi connectivity index (χ0n) is 18.2. The van der Waals surface area contributed by atoms with Gasteiger partial charge in [0.2, 0.25) is 5.91 Å². The summed E-state index contributed by atoms with van der Waals surface area (Å²) in [5.74, 6) is -1.88. The van der Waals surface area contributed by atoms with E-state index in [0.29, 0.717) is 0 Å². The monoisotopic (exact) mass is 417 g/mol. The average Bonchev–Trinajstić information content (AvgIpc) is 3.08. The number of urea groups is 1. The van der Waals surface area contributed by atoms with E-state index < -0.39 is 29.9 Å². The second-order valence-corrected chi connectivity index (χ2v) is 7.97. The van der Waals surface area contributed by atoms with Crippen molar-refractivity contribution in [2.75, 3.05) is 11.4 Å². The Kier molecular flexibility index (Phi) is 7.97. The predicted octanol–water partition coefficient (Wildman–Crippen LogP) is 2.72. The van der Waals surface area contributed by atoms with Crippen molar-refractivity contribution < 1.29 is 23.9 Å². The molecule has 3 atom stereocenters. The fraction of sp³-hybridized carbons (Fsp3) is 0.545. The van der Waals surface area contributed by atoms with E-state index in [4.69, 9.17) is 4.74 Å². The van der Waals surface area contributed by atoms with E-state index in [2.05, 4.69) is 24.5 Å². The summed E-state index contributed by atoms with van der Waals surface area (Å²) in [5.41, 5.74) is 1.87. The normalized spacial score (nSPS) is 18.1. The SMILES string of the molecule is CC[C@H](C)c1ccccc1N1C[C@@H](C(=O)O[C@@H](C)C(=O)NC(=O)NC(C)C)CC1=O. The summed E-state index contributed by atoms with van der Waals surface area (Å²) < 4.78 is 5.22. The second-order valence-electron chi connectivity index (χ2n) is 7.97. The highest BCUT2D eigenvalue weighted by Gasteiger charge is 2.38. The maximum absolute atomic E-state index is 12.6. The molecule has 1 fully saturated rings. The summed E-state index contributed by atoms with van der Waals surface area (Å²) in [6.45, 7) is 9.30. The van der Waals surface area contributed by atoms with Crippen LogP contribution in [0.4, 0.5) is 10.5 Å². The predicted molar refractivity (Wildman–Crippen MR) is 113 cm³/mol. The molecule has 1 aliphatic rings. The van der Waals surface area contributed by atoms with Gasteiger partial charge in [0.15, 0.2) is 6.10 Å². The number of hydrogen-bond donors (Lipinski definition) is 2. The Hall–Kier alpha value is -2.90. The van der Waals surface area contributed by atoms with Crippen molar-refractivity contribution in [2.45, 2.75) is 65.5 Å². The van der Waals surface area contributed by atoms with Crippen molar-refractivity contribution in [1.82, 2.24) is 10.6 Å². The van der Waals surface area contributed by atoms with Crippen LogP contribution in [0.15, 0.2) is 24.3 Å². The number of para-hydroxylation sites is 1. The topological polar surface area (TPSA) is 105 Å². The molecule has 0 aliphatic carbocycles. The van der Waals surface area contributed by atoms with Crippen molar-refractivity contribution in [3.63, 3.8) is 0 Å². The summed E-state index contributed by atoms with van der Waals surface area (Å²) in [7, 11) is 0. The number of benzene rings is 1. The standard InChI is InChI=1S/C22H31N3O5/c1-6-14(4)17-9-7-8-10-18(17)25-12-16(11-19(25)26)21(28)30-15(5)20(27)24-22(29)23-13(2)3/h7-10,13-16H,6,11-12H2,1-5H3,(H2,23,24,27,29)/t14-,15-,16-/m0/s1. The van der Waals surface area contributed by atoms with Gasteiger partial charge in [0.05, 0.1) is 5.92 Å². The molecule has 1 saturated heterocycles. The van der Waals surface area contributed by atoms with Crippen molar-refractivity contribution >= 4 is 29.5 Å². The summed E-state index contributed by atoms with van der Waals surface area (Å²) in [6, 6.07) is 6.90. The number of carbonyl (C=O) groups excluding carboxylic acids is 4. The molecule has 8 heteroatoms. The fourth-order valence-electron chi connectivity index (χ4n) is 3.30. The van der Waals surface area contributed by atoms with Gasteiger partial charge in [-0.3, -0.25) is 19.7 Å². The van der Waals surface area contributed by atoms with Crippen molar-refractivity contribution in [1.29, 1.82) is 0 Å². The van der Waals surface area contributed by atoms with Crippen LogP contribution in [-0.2, 0) is 19.1 Å². The van der Waals surface area contributed by atoms with Gasteiger partial charge in [-0.15, -0.1) is 0 Å². The van der Waals surface area contributed by atoms with Gasteiger partial charge in [-0.2, -0.15) is 0 Å². The Labute approximate surface area is 177 Å². The lowest BCUT2D eigenvalue weighted by Crippen LogP contribution is -2.47. The zero-order valence-corrected chi connectivity index (χ0v) is 18.2. The maximum Gasteiger partial charge on any atom is 0.321 e. The molecule has 0 radical (unpaired) electrons. The fourth-order valence-corrected chi connectivity index (χ4v) is 3.30. The van der Waals surface area contributed by atoms with Crippen molar-refractivity contribution in [2.24, 2.45) is 5.92 Å². The van der Waals surface area contributed by atoms with Gasteiger partial charge in [0.25, 0.3) is 5.91 Å². The maximum atomic E-state index is 12.6. The molecule has 8 nitrogen and oxygen atoms in total. The van der Waals surface area contributed by atoms with Crippen LogP contribution in [0, 0.1) is 5.92 Å². The molecule has 164 valence electrons. The summed E-state index contributed by atoms with van der Waals surface area (Å²) >= 11 is 0. The molecule has 1 aromatic rings. The van der Waals surface area contributed by atoms with E-state index in [1.54, 1.807) is 18.7 Å². The van der Waals surface area contributed by atoms with Crippen molar-refractivity contribution in [3.8, 4) is 0 Å². The lowest BCUT2D eigenvalue weighted by molar-refractivity contribution is -0.158. The molecule has 1 aromatic carbocycles. The molecule has 0 spiro atoms. The Bertz CT molecular complexity index is 808. The van der Waals surface area contributed by atoms with E-state index in [-0.39, 0.29) is 30.8 Å². The van der Waals surface area contributed by atoms with Crippen LogP contribution in [0.2, 0.25) is 0 Å². The number of hydrogen-bond acceptors (Lipinski definition) is 5. The smallest absolute Gasteiger partial charge is 0.321 e. The van der Waals surface area contributed by atoms with Crippen molar-refractivity contribution in [3.05, 3.63) is 29.8 Å². The molecule has 0 saturated carbocycles. The Balaban J connectivity index is 2.00. The highest BCUT2D eigenvalue weighted by molar-refractivity contribution is 6.01. The largest absolute Gasteiger partial charge is 0.452 e. The third kappa shape index (κ3) is 5.81. The van der Waals surface area contributed by atoms with Crippen LogP contribution in [0.25, 0.3) is 0 Å². The Morgan fingerprint density at radius 2 is 1.83 bits per heavy atom. The number of anilines is 1. The number of nitrogens with zero attached hydrogens (tertiary/aromatic N) is 1. The Morgan fingerprint density at radius 3 is 2.47 bits per heavy atom. The van der Waals surface area contributed by atoms with E-state index in [9.17, 15) is 19.2 Å². The third-order valence-corrected chi connectivity index (χ3v) is 5.15. The Morgan fingerprint density at radius 1 is 1.17 bits per heavy atom. The molecule has 0 bridgehead atoms. The quantitative estimate of drug-likeness (QED) is 0.664. The summed E-state index contributed by atoms with van der Waals surface area (Å²) in [4.78, 5) is 50.5. The molecular weight excluding hydrogens is 386 g/mol. The molecule has 2 rings (SSSR count). The average molecular weight is 418 g/mol. The molecule has 1 aliphatic heterocycles. The van der Waals surface area contributed by atoms with Crippen LogP contribution in [0.1, 0.15) is 58.9 Å². The number of ether oxygens (including phenoxy) is 1. The number of rotatable bonds is 7. The van der Waals surface area contributed by atoms with Gasteiger partial charge in [0, 0.05) is 24.7 Å². The van der Waals surface area contributed by atoms with E-state index in [0.717, 1.165) is 17.7 Å². The number of nitrogens with one attached hydrogen (secondary N) is 2. The minimum absolute atomic E-state index is 0.0237. The molecule has 30 heavy (non-hydrogen) atoms. The summed E-state index contributed by atoms with van der Waals surface area (Å²) in [5, 5.41) is 4.66. The lowest BCUT2D eigenvalue weighted by Gasteiger charge is -2.23. The first-order valence-electron chi connectivity index (χ1n) is 10.3. The third-order valence-electron chi connectivity index (χ3n) is 5.15. The number of esters is 1. The number of imide groups is 1. The zero-order chi connectivity index (χ0) is 22.4.